The molecule has 2 N–H and O–H groups in total. The Balaban J connectivity index is 1.45. The second-order valence-electron chi connectivity index (χ2n) is 7.27. The van der Waals surface area contributed by atoms with Crippen LogP contribution in [0.25, 0.3) is 0 Å². The first kappa shape index (κ1) is 22.8. The van der Waals surface area contributed by atoms with Gasteiger partial charge in [-0.3, -0.25) is 9.79 Å². The summed E-state index contributed by atoms with van der Waals surface area (Å²) in [4.78, 5) is 19.3. The van der Waals surface area contributed by atoms with Crippen molar-refractivity contribution in [3.63, 3.8) is 0 Å². The quantitative estimate of drug-likeness (QED) is 0.342. The number of rotatable bonds is 10. The van der Waals surface area contributed by atoms with Gasteiger partial charge in [0.2, 0.25) is 5.91 Å². The molecular formula is C23H32N4O4. The SMILES string of the molecule is CN=C(NCCCOCc1ccco1)NCC(C(=O)N1CCOCC1)c1ccccc1. The Morgan fingerprint density at radius 3 is 2.68 bits per heavy atom. The average molecular weight is 429 g/mol. The summed E-state index contributed by atoms with van der Waals surface area (Å²) in [6.45, 7) is 4.72. The second-order valence-corrected chi connectivity index (χ2v) is 7.27. The van der Waals surface area contributed by atoms with Crippen LogP contribution in [0, 0.1) is 0 Å². The fourth-order valence-corrected chi connectivity index (χ4v) is 3.41. The number of carbonyl (C=O) groups excluding carboxylic acids is 1. The number of nitrogens with zero attached hydrogens (tertiary/aromatic N) is 2. The summed E-state index contributed by atoms with van der Waals surface area (Å²) in [6, 6.07) is 13.6. The highest BCUT2D eigenvalue weighted by molar-refractivity contribution is 5.86. The van der Waals surface area contributed by atoms with E-state index < -0.39 is 0 Å². The van der Waals surface area contributed by atoms with Crippen LogP contribution in [0.1, 0.15) is 23.7 Å². The molecule has 1 atom stereocenters. The van der Waals surface area contributed by atoms with E-state index in [1.807, 2.05) is 47.4 Å². The van der Waals surface area contributed by atoms with Crippen molar-refractivity contribution in [3.8, 4) is 0 Å². The van der Waals surface area contributed by atoms with Crippen molar-refractivity contribution in [2.45, 2.75) is 18.9 Å². The van der Waals surface area contributed by atoms with E-state index >= 15 is 0 Å². The number of ether oxygens (including phenoxy) is 2. The van der Waals surface area contributed by atoms with Gasteiger partial charge in [0.05, 0.1) is 25.4 Å². The minimum absolute atomic E-state index is 0.115. The molecule has 0 spiro atoms. The fourth-order valence-electron chi connectivity index (χ4n) is 3.41. The van der Waals surface area contributed by atoms with Gasteiger partial charge in [-0.1, -0.05) is 30.3 Å². The van der Waals surface area contributed by atoms with E-state index in [0.29, 0.717) is 58.6 Å². The number of nitrogens with one attached hydrogen (secondary N) is 2. The van der Waals surface area contributed by atoms with Crippen LogP contribution in [0.15, 0.2) is 58.1 Å². The Kier molecular flexibility index (Phi) is 9.40. The Hall–Kier alpha value is -2.84. The Bertz CT molecular complexity index is 789. The van der Waals surface area contributed by atoms with Crippen LogP contribution in [-0.2, 0) is 20.9 Å². The Labute approximate surface area is 183 Å². The van der Waals surface area contributed by atoms with Crippen molar-refractivity contribution in [3.05, 3.63) is 60.1 Å². The van der Waals surface area contributed by atoms with Crippen molar-refractivity contribution in [2.75, 3.05) is 53.0 Å². The lowest BCUT2D eigenvalue weighted by Gasteiger charge is -2.31. The molecule has 3 rings (SSSR count). The lowest BCUT2D eigenvalue weighted by Crippen LogP contribution is -2.47. The van der Waals surface area contributed by atoms with Crippen LogP contribution >= 0.6 is 0 Å². The first-order valence-corrected chi connectivity index (χ1v) is 10.7. The topological polar surface area (TPSA) is 88.3 Å². The summed E-state index contributed by atoms with van der Waals surface area (Å²) in [5.41, 5.74) is 0.994. The van der Waals surface area contributed by atoms with E-state index in [4.69, 9.17) is 13.9 Å². The molecule has 31 heavy (non-hydrogen) atoms. The maximum absolute atomic E-state index is 13.2. The van der Waals surface area contributed by atoms with Gasteiger partial charge in [-0.15, -0.1) is 0 Å². The number of furan rings is 1. The maximum Gasteiger partial charge on any atom is 0.232 e. The number of benzene rings is 1. The molecule has 1 aliphatic rings. The summed E-state index contributed by atoms with van der Waals surface area (Å²) in [5, 5.41) is 6.58. The predicted octanol–water partition coefficient (Wildman–Crippen LogP) is 1.99. The van der Waals surface area contributed by atoms with Gasteiger partial charge in [-0.2, -0.15) is 0 Å². The third-order valence-corrected chi connectivity index (χ3v) is 5.10. The van der Waals surface area contributed by atoms with Crippen molar-refractivity contribution in [1.29, 1.82) is 0 Å². The van der Waals surface area contributed by atoms with Crippen LogP contribution in [0.2, 0.25) is 0 Å². The van der Waals surface area contributed by atoms with E-state index in [2.05, 4.69) is 15.6 Å². The molecule has 168 valence electrons. The van der Waals surface area contributed by atoms with Crippen LogP contribution < -0.4 is 10.6 Å². The third kappa shape index (κ3) is 7.41. The summed E-state index contributed by atoms with van der Waals surface area (Å²) in [5.74, 6) is 1.32. The van der Waals surface area contributed by atoms with Gasteiger partial charge in [0.15, 0.2) is 5.96 Å². The van der Waals surface area contributed by atoms with Gasteiger partial charge in [0, 0.05) is 39.8 Å². The van der Waals surface area contributed by atoms with Crippen molar-refractivity contribution < 1.29 is 18.7 Å². The summed E-state index contributed by atoms with van der Waals surface area (Å²) < 4.78 is 16.2. The molecule has 0 saturated carbocycles. The molecule has 0 radical (unpaired) electrons. The molecular weight excluding hydrogens is 396 g/mol. The Morgan fingerprint density at radius 1 is 1.16 bits per heavy atom. The van der Waals surface area contributed by atoms with Crippen molar-refractivity contribution >= 4 is 11.9 Å². The zero-order valence-corrected chi connectivity index (χ0v) is 18.1. The molecule has 8 nitrogen and oxygen atoms in total. The number of guanidine groups is 1. The largest absolute Gasteiger partial charge is 0.467 e. The number of hydrogen-bond donors (Lipinski definition) is 2. The normalized spacial score (nSPS) is 15.5. The maximum atomic E-state index is 13.2. The van der Waals surface area contributed by atoms with E-state index in [1.165, 1.54) is 0 Å². The standard InChI is InChI=1S/C23H32N4O4/c1-24-23(25-10-6-13-30-18-20-9-5-14-31-20)26-17-21(19-7-3-2-4-8-19)22(28)27-11-15-29-16-12-27/h2-5,7-9,14,21H,6,10-13,15-18H2,1H3,(H2,24,25,26). The van der Waals surface area contributed by atoms with Crippen molar-refractivity contribution in [2.24, 2.45) is 4.99 Å². The highest BCUT2D eigenvalue weighted by Gasteiger charge is 2.27. The highest BCUT2D eigenvalue weighted by atomic mass is 16.5. The van der Waals surface area contributed by atoms with Crippen LogP contribution in [0.3, 0.4) is 0 Å². The van der Waals surface area contributed by atoms with Gasteiger partial charge in [0.25, 0.3) is 0 Å². The number of carbonyl (C=O) groups is 1. The van der Waals surface area contributed by atoms with Gasteiger partial charge >= 0.3 is 0 Å². The lowest BCUT2D eigenvalue weighted by atomic mass is 9.97. The first-order chi connectivity index (χ1) is 15.3. The molecule has 0 aliphatic carbocycles. The molecule has 2 heterocycles. The van der Waals surface area contributed by atoms with Gasteiger partial charge in [-0.25, -0.2) is 0 Å². The zero-order valence-electron chi connectivity index (χ0n) is 18.1. The van der Waals surface area contributed by atoms with E-state index in [1.54, 1.807) is 13.3 Å². The van der Waals surface area contributed by atoms with Gasteiger partial charge in [-0.05, 0) is 24.1 Å². The minimum atomic E-state index is -0.283. The number of aliphatic imine (C=N–C) groups is 1. The van der Waals surface area contributed by atoms with Crippen molar-refractivity contribution in [1.82, 2.24) is 15.5 Å². The molecule has 1 aromatic heterocycles. The molecule has 1 saturated heterocycles. The average Bonchev–Trinajstić information content (AvgIpc) is 3.34. The molecule has 1 aliphatic heterocycles. The van der Waals surface area contributed by atoms with E-state index in [9.17, 15) is 4.79 Å². The highest BCUT2D eigenvalue weighted by Crippen LogP contribution is 2.18. The summed E-state index contributed by atoms with van der Waals surface area (Å²) in [6.07, 6.45) is 2.47. The molecule has 8 heteroatoms. The molecule has 1 amide bonds. The first-order valence-electron chi connectivity index (χ1n) is 10.7. The molecule has 1 unspecified atom stereocenters. The molecule has 2 aromatic rings. The van der Waals surface area contributed by atoms with Gasteiger partial charge < -0.3 is 29.4 Å². The fraction of sp³-hybridized carbons (Fsp3) is 0.478. The van der Waals surface area contributed by atoms with Gasteiger partial charge in [0.1, 0.15) is 12.4 Å². The summed E-state index contributed by atoms with van der Waals surface area (Å²) in [7, 11) is 1.73. The Morgan fingerprint density at radius 2 is 1.97 bits per heavy atom. The van der Waals surface area contributed by atoms with Crippen LogP contribution in [-0.4, -0.2) is 69.8 Å². The van der Waals surface area contributed by atoms with Crippen LogP contribution in [0.4, 0.5) is 0 Å². The molecule has 1 aromatic carbocycles. The predicted molar refractivity (Wildman–Crippen MR) is 119 cm³/mol. The monoisotopic (exact) mass is 428 g/mol. The summed E-state index contributed by atoms with van der Waals surface area (Å²) >= 11 is 0. The van der Waals surface area contributed by atoms with Crippen LogP contribution in [0.5, 0.6) is 0 Å². The third-order valence-electron chi connectivity index (χ3n) is 5.10. The second kappa shape index (κ2) is 12.8. The molecule has 1 fully saturated rings. The lowest BCUT2D eigenvalue weighted by molar-refractivity contribution is -0.136. The number of amides is 1. The number of morpholine rings is 1. The smallest absolute Gasteiger partial charge is 0.232 e. The zero-order chi connectivity index (χ0) is 21.7. The molecule has 0 bridgehead atoms. The minimum Gasteiger partial charge on any atom is -0.467 e. The van der Waals surface area contributed by atoms with E-state index in [-0.39, 0.29) is 11.8 Å². The van der Waals surface area contributed by atoms with E-state index in [0.717, 1.165) is 17.7 Å². The number of hydrogen-bond acceptors (Lipinski definition) is 5.